The van der Waals surface area contributed by atoms with Crippen LogP contribution in [-0.2, 0) is 9.59 Å². The van der Waals surface area contributed by atoms with Crippen LogP contribution in [0.25, 0.3) is 0 Å². The lowest BCUT2D eigenvalue weighted by atomic mass is 10.1. The Morgan fingerprint density at radius 2 is 1.79 bits per heavy atom. The molecule has 2 aromatic carbocycles. The highest BCUT2D eigenvalue weighted by molar-refractivity contribution is 8.14. The Bertz CT molecular complexity index is 974. The van der Waals surface area contributed by atoms with Gasteiger partial charge in [-0.25, -0.2) is 9.29 Å². The van der Waals surface area contributed by atoms with Crippen LogP contribution >= 0.6 is 11.8 Å². The van der Waals surface area contributed by atoms with Crippen LogP contribution in [0.4, 0.5) is 10.1 Å². The minimum absolute atomic E-state index is 0.0202. The number of nitrogens with two attached hydrogens (primary N) is 1. The molecule has 0 saturated carbocycles. The number of ether oxygens (including phenoxy) is 1. The average molecular weight is 414 g/mol. The van der Waals surface area contributed by atoms with E-state index in [1.54, 1.807) is 43.3 Å². The van der Waals surface area contributed by atoms with Crippen LogP contribution in [0, 0.1) is 5.82 Å². The number of nitrogens with zero attached hydrogens (tertiary/aromatic N) is 3. The van der Waals surface area contributed by atoms with Crippen LogP contribution in [0.3, 0.4) is 0 Å². The number of benzene rings is 2. The predicted molar refractivity (Wildman–Crippen MR) is 112 cm³/mol. The number of halogens is 1. The molecule has 1 aliphatic rings. The van der Waals surface area contributed by atoms with Gasteiger partial charge in [0.15, 0.2) is 5.17 Å². The number of amides is 2. The van der Waals surface area contributed by atoms with Crippen molar-refractivity contribution < 1.29 is 18.7 Å². The van der Waals surface area contributed by atoms with E-state index in [0.29, 0.717) is 22.7 Å². The van der Waals surface area contributed by atoms with Gasteiger partial charge in [-0.3, -0.25) is 9.59 Å². The van der Waals surface area contributed by atoms with Crippen LogP contribution < -0.4 is 15.4 Å². The molecule has 0 radical (unpaired) electrons. The molecule has 1 fully saturated rings. The monoisotopic (exact) mass is 414 g/mol. The summed E-state index contributed by atoms with van der Waals surface area (Å²) < 4.78 is 18.1. The zero-order valence-electron chi connectivity index (χ0n) is 15.8. The molecule has 2 amide bonds. The summed E-state index contributed by atoms with van der Waals surface area (Å²) >= 11 is 0.989. The Balaban J connectivity index is 1.68. The molecule has 1 saturated heterocycles. The maximum absolute atomic E-state index is 13.0. The SMILES string of the molecule is COc1ccc(N2C(=O)C[C@@H](SC(N)=N/N=C(/C)c3ccc(F)cc3)C2=O)cc1. The van der Waals surface area contributed by atoms with Gasteiger partial charge in [-0.2, -0.15) is 5.10 Å². The first-order valence-electron chi connectivity index (χ1n) is 8.70. The molecule has 1 aliphatic heterocycles. The smallest absolute Gasteiger partial charge is 0.247 e. The van der Waals surface area contributed by atoms with Crippen molar-refractivity contribution in [1.29, 1.82) is 0 Å². The first kappa shape index (κ1) is 20.5. The minimum Gasteiger partial charge on any atom is -0.497 e. The first-order valence-corrected chi connectivity index (χ1v) is 9.58. The van der Waals surface area contributed by atoms with Gasteiger partial charge >= 0.3 is 0 Å². The number of amidine groups is 1. The molecule has 2 aromatic rings. The molecule has 0 aromatic heterocycles. The van der Waals surface area contributed by atoms with E-state index in [-0.39, 0.29) is 29.2 Å². The number of anilines is 1. The van der Waals surface area contributed by atoms with Crippen molar-refractivity contribution in [1.82, 2.24) is 0 Å². The number of thioether (sulfide) groups is 1. The number of carbonyl (C=O) groups is 2. The minimum atomic E-state index is -0.672. The molecule has 0 aliphatic carbocycles. The van der Waals surface area contributed by atoms with E-state index >= 15 is 0 Å². The lowest BCUT2D eigenvalue weighted by molar-refractivity contribution is -0.121. The van der Waals surface area contributed by atoms with Crippen molar-refractivity contribution in [3.05, 3.63) is 59.9 Å². The van der Waals surface area contributed by atoms with Crippen LogP contribution in [0.15, 0.2) is 58.7 Å². The fourth-order valence-corrected chi connectivity index (χ4v) is 3.55. The van der Waals surface area contributed by atoms with Gasteiger partial charge in [0.25, 0.3) is 0 Å². The van der Waals surface area contributed by atoms with E-state index < -0.39 is 5.25 Å². The van der Waals surface area contributed by atoms with Crippen molar-refractivity contribution in [3.63, 3.8) is 0 Å². The third kappa shape index (κ3) is 4.80. The third-order valence-electron chi connectivity index (χ3n) is 4.26. The number of hydrogen-bond acceptors (Lipinski definition) is 6. The van der Waals surface area contributed by atoms with Crippen molar-refractivity contribution in [2.75, 3.05) is 12.0 Å². The zero-order valence-corrected chi connectivity index (χ0v) is 16.6. The molecule has 7 nitrogen and oxygen atoms in total. The van der Waals surface area contributed by atoms with Crippen molar-refractivity contribution in [2.45, 2.75) is 18.6 Å². The Kier molecular flexibility index (Phi) is 6.28. The normalized spacial score (nSPS) is 17.8. The van der Waals surface area contributed by atoms with E-state index in [0.717, 1.165) is 16.7 Å². The van der Waals surface area contributed by atoms with Gasteiger partial charge in [-0.1, -0.05) is 23.9 Å². The summed E-state index contributed by atoms with van der Waals surface area (Å²) in [6.45, 7) is 1.71. The van der Waals surface area contributed by atoms with E-state index in [2.05, 4.69) is 10.2 Å². The maximum Gasteiger partial charge on any atom is 0.247 e. The molecule has 0 spiro atoms. The summed E-state index contributed by atoms with van der Waals surface area (Å²) in [5.41, 5.74) is 7.60. The van der Waals surface area contributed by atoms with Gasteiger partial charge in [0.05, 0.1) is 18.5 Å². The maximum atomic E-state index is 13.0. The molecule has 1 atom stereocenters. The standard InChI is InChI=1S/C20H19FN4O3S/c1-12(13-3-5-14(21)6-4-13)23-24-20(22)29-17-11-18(26)25(19(17)27)15-7-9-16(28-2)10-8-15/h3-10,17H,11H2,1-2H3,(H2,22,24)/b23-12-/t17-/m1/s1. The fraction of sp³-hybridized carbons (Fsp3) is 0.200. The summed E-state index contributed by atoms with van der Waals surface area (Å²) in [6.07, 6.45) is 0.0202. The molecule has 3 rings (SSSR count). The average Bonchev–Trinajstić information content (AvgIpc) is 2.99. The Labute approximate surface area is 171 Å². The van der Waals surface area contributed by atoms with E-state index in [1.165, 1.54) is 19.2 Å². The van der Waals surface area contributed by atoms with Gasteiger partial charge in [0.1, 0.15) is 16.8 Å². The highest BCUT2D eigenvalue weighted by Gasteiger charge is 2.40. The number of hydrogen-bond donors (Lipinski definition) is 1. The summed E-state index contributed by atoms with van der Waals surface area (Å²) in [7, 11) is 1.54. The highest BCUT2D eigenvalue weighted by Crippen LogP contribution is 2.30. The van der Waals surface area contributed by atoms with Crippen LogP contribution in [0.5, 0.6) is 5.75 Å². The lowest BCUT2D eigenvalue weighted by Gasteiger charge is -2.15. The topological polar surface area (TPSA) is 97.3 Å². The zero-order chi connectivity index (χ0) is 21.0. The number of methoxy groups -OCH3 is 1. The second kappa shape index (κ2) is 8.87. The van der Waals surface area contributed by atoms with Gasteiger partial charge in [0.2, 0.25) is 11.8 Å². The molecular formula is C20H19FN4O3S. The molecular weight excluding hydrogens is 395 g/mol. The number of rotatable bonds is 5. The highest BCUT2D eigenvalue weighted by atomic mass is 32.2. The lowest BCUT2D eigenvalue weighted by Crippen LogP contribution is -2.31. The van der Waals surface area contributed by atoms with E-state index in [9.17, 15) is 14.0 Å². The first-order chi connectivity index (χ1) is 13.9. The Morgan fingerprint density at radius 1 is 1.14 bits per heavy atom. The van der Waals surface area contributed by atoms with E-state index in [1.807, 2.05) is 0 Å². The summed E-state index contributed by atoms with van der Waals surface area (Å²) in [5, 5.41) is 7.33. The van der Waals surface area contributed by atoms with Gasteiger partial charge in [-0.05, 0) is 48.9 Å². The summed E-state index contributed by atoms with van der Waals surface area (Å²) in [6, 6.07) is 12.5. The quantitative estimate of drug-likeness (QED) is 0.351. The third-order valence-corrected chi connectivity index (χ3v) is 5.24. The molecule has 0 unspecified atom stereocenters. The fourth-order valence-electron chi connectivity index (χ4n) is 2.74. The summed E-state index contributed by atoms with van der Waals surface area (Å²) in [4.78, 5) is 26.1. The Morgan fingerprint density at radius 3 is 2.41 bits per heavy atom. The van der Waals surface area contributed by atoms with Crippen molar-refractivity contribution in [2.24, 2.45) is 15.9 Å². The second-order valence-electron chi connectivity index (χ2n) is 6.21. The molecule has 150 valence electrons. The Hall–Kier alpha value is -3.20. The van der Waals surface area contributed by atoms with Crippen molar-refractivity contribution >= 4 is 40.1 Å². The van der Waals surface area contributed by atoms with Gasteiger partial charge in [-0.15, -0.1) is 5.10 Å². The van der Waals surface area contributed by atoms with Crippen LogP contribution in [0.2, 0.25) is 0 Å². The second-order valence-corrected chi connectivity index (χ2v) is 7.43. The largest absolute Gasteiger partial charge is 0.497 e. The van der Waals surface area contributed by atoms with Gasteiger partial charge in [0, 0.05) is 6.42 Å². The number of imide groups is 1. The summed E-state index contributed by atoms with van der Waals surface area (Å²) in [5.74, 6) is -0.380. The van der Waals surface area contributed by atoms with Crippen LogP contribution in [0.1, 0.15) is 18.9 Å². The molecule has 0 bridgehead atoms. The molecule has 29 heavy (non-hydrogen) atoms. The predicted octanol–water partition coefficient (Wildman–Crippen LogP) is 2.94. The number of carbonyl (C=O) groups excluding carboxylic acids is 2. The van der Waals surface area contributed by atoms with E-state index in [4.69, 9.17) is 10.5 Å². The molecule has 1 heterocycles. The van der Waals surface area contributed by atoms with Gasteiger partial charge < -0.3 is 10.5 Å². The van der Waals surface area contributed by atoms with Crippen LogP contribution in [-0.4, -0.2) is 35.1 Å². The molecule has 2 N–H and O–H groups in total. The molecule has 9 heteroatoms. The van der Waals surface area contributed by atoms with Crippen molar-refractivity contribution in [3.8, 4) is 5.75 Å².